The normalized spacial score (nSPS) is 14.6. The van der Waals surface area contributed by atoms with E-state index in [1.807, 2.05) is 18.2 Å². The average Bonchev–Trinajstić information content (AvgIpc) is 2.32. The lowest BCUT2D eigenvalue weighted by atomic mass is 9.92. The van der Waals surface area contributed by atoms with Crippen LogP contribution in [-0.2, 0) is 4.74 Å². The van der Waals surface area contributed by atoms with Gasteiger partial charge in [0.2, 0.25) is 0 Å². The van der Waals surface area contributed by atoms with Crippen molar-refractivity contribution in [2.45, 2.75) is 19.4 Å². The molecule has 2 unspecified atom stereocenters. The molecule has 0 saturated heterocycles. The van der Waals surface area contributed by atoms with Gasteiger partial charge in [-0.25, -0.2) is 0 Å². The number of hydrogen-bond donors (Lipinski definition) is 2. The highest BCUT2D eigenvalue weighted by molar-refractivity contribution is 9.10. The van der Waals surface area contributed by atoms with E-state index in [9.17, 15) is 0 Å². The molecule has 5 heteroatoms. The van der Waals surface area contributed by atoms with E-state index in [-0.39, 0.29) is 6.04 Å². The van der Waals surface area contributed by atoms with Gasteiger partial charge in [-0.2, -0.15) is 0 Å². The number of hydrogen-bond acceptors (Lipinski definition) is 3. The fourth-order valence-electron chi connectivity index (χ4n) is 1.78. The van der Waals surface area contributed by atoms with Gasteiger partial charge in [0.25, 0.3) is 0 Å². The Morgan fingerprint density at radius 1 is 1.53 bits per heavy atom. The molecule has 0 spiro atoms. The van der Waals surface area contributed by atoms with E-state index >= 15 is 0 Å². The summed E-state index contributed by atoms with van der Waals surface area (Å²) in [6, 6.07) is 5.80. The van der Waals surface area contributed by atoms with Gasteiger partial charge in [-0.1, -0.05) is 34.5 Å². The molecule has 3 nitrogen and oxygen atoms in total. The van der Waals surface area contributed by atoms with Crippen LogP contribution in [-0.4, -0.2) is 13.7 Å². The van der Waals surface area contributed by atoms with Gasteiger partial charge in [0.05, 0.1) is 6.04 Å². The molecule has 0 saturated carbocycles. The Labute approximate surface area is 116 Å². The zero-order valence-corrected chi connectivity index (χ0v) is 12.4. The molecule has 3 N–H and O–H groups in total. The number of rotatable bonds is 6. The van der Waals surface area contributed by atoms with Crippen LogP contribution in [0.3, 0.4) is 0 Å². The van der Waals surface area contributed by atoms with Crippen LogP contribution < -0.4 is 11.3 Å². The second kappa shape index (κ2) is 7.34. The Bertz CT molecular complexity index is 362. The summed E-state index contributed by atoms with van der Waals surface area (Å²) in [7, 11) is 1.70. The molecule has 0 fully saturated rings. The highest BCUT2D eigenvalue weighted by atomic mass is 79.9. The molecule has 1 aromatic carbocycles. The van der Waals surface area contributed by atoms with E-state index < -0.39 is 0 Å². The van der Waals surface area contributed by atoms with Crippen LogP contribution in [0.1, 0.15) is 24.9 Å². The van der Waals surface area contributed by atoms with Gasteiger partial charge in [-0.05, 0) is 36.1 Å². The monoisotopic (exact) mass is 320 g/mol. The van der Waals surface area contributed by atoms with E-state index in [1.54, 1.807) is 7.11 Å². The van der Waals surface area contributed by atoms with Crippen molar-refractivity contribution < 1.29 is 4.74 Å². The van der Waals surface area contributed by atoms with E-state index in [0.717, 1.165) is 21.5 Å². The third kappa shape index (κ3) is 4.23. The molecule has 0 heterocycles. The summed E-state index contributed by atoms with van der Waals surface area (Å²) in [5.74, 6) is 5.97. The minimum Gasteiger partial charge on any atom is -0.385 e. The van der Waals surface area contributed by atoms with E-state index in [1.165, 1.54) is 0 Å². The summed E-state index contributed by atoms with van der Waals surface area (Å²) in [4.78, 5) is 0. The Hall–Kier alpha value is -0.130. The molecule has 0 aliphatic carbocycles. The van der Waals surface area contributed by atoms with Gasteiger partial charge in [-0.3, -0.25) is 11.3 Å². The number of methoxy groups -OCH3 is 1. The number of hydrazine groups is 1. The maximum absolute atomic E-state index is 6.20. The third-order valence-corrected chi connectivity index (χ3v) is 3.66. The van der Waals surface area contributed by atoms with Gasteiger partial charge in [0.15, 0.2) is 0 Å². The molecule has 0 aromatic heterocycles. The number of halogens is 2. The summed E-state index contributed by atoms with van der Waals surface area (Å²) >= 11 is 9.64. The predicted molar refractivity (Wildman–Crippen MR) is 74.9 cm³/mol. The van der Waals surface area contributed by atoms with Crippen molar-refractivity contribution in [3.8, 4) is 0 Å². The molecule has 2 atom stereocenters. The van der Waals surface area contributed by atoms with Crippen molar-refractivity contribution in [1.82, 2.24) is 5.43 Å². The Morgan fingerprint density at radius 3 is 2.82 bits per heavy atom. The molecule has 1 rings (SSSR count). The molecule has 96 valence electrons. The fraction of sp³-hybridized carbons (Fsp3) is 0.500. The van der Waals surface area contributed by atoms with Crippen LogP contribution in [0, 0.1) is 5.92 Å². The minimum absolute atomic E-state index is 0.0233. The maximum atomic E-state index is 6.20. The van der Waals surface area contributed by atoms with Crippen LogP contribution in [0.25, 0.3) is 0 Å². The standard InChI is InChI=1S/C12H18BrClN2O/c1-8(5-6-17-2)12(16-15)10-7-9(13)3-4-11(10)14/h3-4,7-8,12,16H,5-6,15H2,1-2H3. The lowest BCUT2D eigenvalue weighted by Crippen LogP contribution is -2.33. The highest BCUT2D eigenvalue weighted by Crippen LogP contribution is 2.31. The van der Waals surface area contributed by atoms with Crippen LogP contribution in [0.15, 0.2) is 22.7 Å². The molecule has 0 radical (unpaired) electrons. The Morgan fingerprint density at radius 2 is 2.24 bits per heavy atom. The first-order valence-corrected chi connectivity index (χ1v) is 6.67. The largest absolute Gasteiger partial charge is 0.385 e. The molecule has 0 bridgehead atoms. The molecular formula is C12H18BrClN2O. The smallest absolute Gasteiger partial charge is 0.0501 e. The van der Waals surface area contributed by atoms with Gasteiger partial charge in [-0.15, -0.1) is 0 Å². The van der Waals surface area contributed by atoms with Crippen molar-refractivity contribution in [3.63, 3.8) is 0 Å². The summed E-state index contributed by atoms with van der Waals surface area (Å²) in [6.45, 7) is 2.84. The molecule has 0 aliphatic rings. The molecule has 0 amide bonds. The number of nitrogens with one attached hydrogen (secondary N) is 1. The Balaban J connectivity index is 2.88. The third-order valence-electron chi connectivity index (χ3n) is 2.82. The predicted octanol–water partition coefficient (Wildman–Crippen LogP) is 3.28. The van der Waals surface area contributed by atoms with Crippen molar-refractivity contribution in [1.29, 1.82) is 0 Å². The van der Waals surface area contributed by atoms with Crippen molar-refractivity contribution in [2.75, 3.05) is 13.7 Å². The van der Waals surface area contributed by atoms with Gasteiger partial charge in [0.1, 0.15) is 0 Å². The van der Waals surface area contributed by atoms with Crippen LogP contribution in [0.4, 0.5) is 0 Å². The van der Waals surface area contributed by atoms with E-state index in [0.29, 0.717) is 12.5 Å². The number of ether oxygens (including phenoxy) is 1. The molecule has 0 aliphatic heterocycles. The van der Waals surface area contributed by atoms with Crippen LogP contribution in [0.2, 0.25) is 5.02 Å². The summed E-state index contributed by atoms with van der Waals surface area (Å²) < 4.78 is 6.08. The highest BCUT2D eigenvalue weighted by Gasteiger charge is 2.20. The van der Waals surface area contributed by atoms with Crippen molar-refractivity contribution in [3.05, 3.63) is 33.3 Å². The zero-order valence-electron chi connectivity index (χ0n) is 10.0. The van der Waals surface area contributed by atoms with Crippen molar-refractivity contribution >= 4 is 27.5 Å². The first-order valence-electron chi connectivity index (χ1n) is 5.50. The number of benzene rings is 1. The van der Waals surface area contributed by atoms with Crippen LogP contribution >= 0.6 is 27.5 Å². The van der Waals surface area contributed by atoms with Gasteiger partial charge >= 0.3 is 0 Å². The zero-order chi connectivity index (χ0) is 12.8. The lowest BCUT2D eigenvalue weighted by molar-refractivity contribution is 0.170. The quantitative estimate of drug-likeness (QED) is 0.624. The minimum atomic E-state index is 0.0233. The van der Waals surface area contributed by atoms with E-state index in [4.69, 9.17) is 22.2 Å². The average molecular weight is 322 g/mol. The molecule has 17 heavy (non-hydrogen) atoms. The summed E-state index contributed by atoms with van der Waals surface area (Å²) in [6.07, 6.45) is 0.925. The number of nitrogens with two attached hydrogens (primary N) is 1. The SMILES string of the molecule is COCCC(C)C(NN)c1cc(Br)ccc1Cl. The summed E-state index contributed by atoms with van der Waals surface area (Å²) in [5.41, 5.74) is 3.84. The fourth-order valence-corrected chi connectivity index (χ4v) is 2.40. The van der Waals surface area contributed by atoms with Gasteiger partial charge < -0.3 is 4.74 Å². The Kier molecular flexibility index (Phi) is 6.44. The lowest BCUT2D eigenvalue weighted by Gasteiger charge is -2.24. The second-order valence-corrected chi connectivity index (χ2v) is 5.39. The summed E-state index contributed by atoms with van der Waals surface area (Å²) in [5, 5.41) is 0.723. The van der Waals surface area contributed by atoms with Crippen LogP contribution in [0.5, 0.6) is 0 Å². The topological polar surface area (TPSA) is 47.3 Å². The first kappa shape index (κ1) is 14.9. The molecular weight excluding hydrogens is 304 g/mol. The molecule has 1 aromatic rings. The maximum Gasteiger partial charge on any atom is 0.0501 e. The second-order valence-electron chi connectivity index (χ2n) is 4.07. The van der Waals surface area contributed by atoms with Gasteiger partial charge in [0, 0.05) is 23.2 Å². The first-order chi connectivity index (χ1) is 8.10. The van der Waals surface area contributed by atoms with E-state index in [2.05, 4.69) is 28.3 Å². The van der Waals surface area contributed by atoms with Crippen molar-refractivity contribution in [2.24, 2.45) is 11.8 Å².